The van der Waals surface area contributed by atoms with Gasteiger partial charge in [-0.2, -0.15) is 0 Å². The summed E-state index contributed by atoms with van der Waals surface area (Å²) < 4.78 is 10.7. The summed E-state index contributed by atoms with van der Waals surface area (Å²) in [6.07, 6.45) is -0.717. The van der Waals surface area contributed by atoms with Gasteiger partial charge in [0.15, 0.2) is 0 Å². The fraction of sp³-hybridized carbons (Fsp3) is 0.455. The summed E-state index contributed by atoms with van der Waals surface area (Å²) in [6.45, 7) is 3.77. The Kier molecular flexibility index (Phi) is 3.54. The van der Waals surface area contributed by atoms with E-state index in [-0.39, 0.29) is 6.54 Å². The van der Waals surface area contributed by atoms with Gasteiger partial charge in [0.25, 0.3) is 0 Å². The Hall–Kier alpha value is -1.60. The van der Waals surface area contributed by atoms with E-state index in [1.54, 1.807) is 6.07 Å². The van der Waals surface area contributed by atoms with Crippen LogP contribution >= 0.6 is 0 Å². The molecule has 0 radical (unpaired) electrons. The van der Waals surface area contributed by atoms with Crippen LogP contribution in [0.5, 0.6) is 5.75 Å². The van der Waals surface area contributed by atoms with Crippen LogP contribution < -0.4 is 10.2 Å². The largest absolute Gasteiger partial charge is 0.496 e. The maximum Gasteiger partial charge on any atom is 0.496 e. The molecule has 1 aromatic carbocycles. The third kappa shape index (κ3) is 2.19. The van der Waals surface area contributed by atoms with Crippen molar-refractivity contribution in [2.45, 2.75) is 20.0 Å². The lowest BCUT2D eigenvalue weighted by Gasteiger charge is -2.12. The molecule has 0 amide bonds. The highest BCUT2D eigenvalue weighted by atomic mass is 16.6. The molecule has 1 heterocycles. The Morgan fingerprint density at radius 1 is 1.61 bits per heavy atom. The molecule has 1 aliphatic heterocycles. The number of hydrogen-bond donors (Lipinski definition) is 1. The first-order valence-corrected chi connectivity index (χ1v) is 5.76. The first kappa shape index (κ1) is 12.9. The van der Waals surface area contributed by atoms with Crippen LogP contribution in [0.1, 0.15) is 24.2 Å². The van der Waals surface area contributed by atoms with Crippen molar-refractivity contribution < 1.29 is 19.3 Å². The number of nitrogens with zero attached hydrogens (tertiary/aromatic N) is 1. The fourth-order valence-electron chi connectivity index (χ4n) is 2.25. The summed E-state index contributed by atoms with van der Waals surface area (Å²) in [5, 5.41) is 20.5. The molecule has 0 saturated heterocycles. The molecule has 1 aliphatic rings. The van der Waals surface area contributed by atoms with Crippen LogP contribution in [0.15, 0.2) is 12.1 Å². The van der Waals surface area contributed by atoms with Gasteiger partial charge in [0.1, 0.15) is 11.9 Å². The molecule has 0 bridgehead atoms. The van der Waals surface area contributed by atoms with Crippen LogP contribution in [0, 0.1) is 17.0 Å². The summed E-state index contributed by atoms with van der Waals surface area (Å²) in [7, 11) is -1.16. The molecule has 1 aromatic rings. The molecule has 0 spiro atoms. The average molecular weight is 251 g/mol. The number of hydrogen-bond acceptors (Lipinski definition) is 5. The van der Waals surface area contributed by atoms with Crippen molar-refractivity contribution in [1.82, 2.24) is 0 Å². The quantitative estimate of drug-likeness (QED) is 0.476. The van der Waals surface area contributed by atoms with Crippen LogP contribution in [0.2, 0.25) is 0 Å². The van der Waals surface area contributed by atoms with Gasteiger partial charge in [0.05, 0.1) is 6.61 Å². The van der Waals surface area contributed by atoms with Crippen molar-refractivity contribution in [3.05, 3.63) is 33.4 Å². The number of fused-ring (bicyclic) bond motifs is 1. The molecule has 1 unspecified atom stereocenters. The molecule has 0 aliphatic carbocycles. The van der Waals surface area contributed by atoms with E-state index in [4.69, 9.17) is 9.39 Å². The molecule has 0 aromatic heterocycles. The Morgan fingerprint density at radius 3 is 2.94 bits per heavy atom. The van der Waals surface area contributed by atoms with Gasteiger partial charge in [-0.15, -0.1) is 0 Å². The minimum absolute atomic E-state index is 0.361. The summed E-state index contributed by atoms with van der Waals surface area (Å²) in [5.41, 5.74) is 2.05. The number of rotatable bonds is 4. The Bertz CT molecular complexity index is 479. The van der Waals surface area contributed by atoms with Crippen molar-refractivity contribution >= 4 is 12.6 Å². The van der Waals surface area contributed by atoms with E-state index in [2.05, 4.69) is 0 Å². The third-order valence-electron chi connectivity index (χ3n) is 2.94. The number of ether oxygens (including phenoxy) is 1. The van der Waals surface area contributed by atoms with Gasteiger partial charge in [-0.25, -0.2) is 0 Å². The average Bonchev–Trinajstić information content (AvgIpc) is 2.60. The van der Waals surface area contributed by atoms with Gasteiger partial charge in [0, 0.05) is 10.4 Å². The fourth-order valence-corrected chi connectivity index (χ4v) is 2.25. The number of aryl methyl sites for hydroxylation is 1. The van der Waals surface area contributed by atoms with Gasteiger partial charge in [-0.3, -0.25) is 10.1 Å². The first-order chi connectivity index (χ1) is 8.54. The Labute approximate surface area is 105 Å². The van der Waals surface area contributed by atoms with Crippen LogP contribution in [0.25, 0.3) is 0 Å². The molecule has 7 heteroatoms. The highest BCUT2D eigenvalue weighted by molar-refractivity contribution is 6.63. The van der Waals surface area contributed by atoms with Crippen LogP contribution in [-0.2, 0) is 4.65 Å². The van der Waals surface area contributed by atoms with Crippen molar-refractivity contribution in [3.63, 3.8) is 0 Å². The van der Waals surface area contributed by atoms with E-state index in [1.807, 2.05) is 19.9 Å². The van der Waals surface area contributed by atoms with Crippen molar-refractivity contribution in [2.75, 3.05) is 13.2 Å². The zero-order valence-corrected chi connectivity index (χ0v) is 10.3. The minimum Gasteiger partial charge on any atom is -0.494 e. The third-order valence-corrected chi connectivity index (χ3v) is 2.94. The molecule has 6 nitrogen and oxygen atoms in total. The minimum atomic E-state index is -1.16. The van der Waals surface area contributed by atoms with E-state index in [0.717, 1.165) is 5.56 Å². The number of nitro groups is 1. The molecule has 96 valence electrons. The molecule has 2 rings (SSSR count). The standard InChI is InChI=1S/C11H14BNO5/c1-3-17-8-5-4-7(2)10-9(6-13(15)16)18-12(14)11(8)10/h4-5,9,14H,3,6H2,1-2H3. The van der Waals surface area contributed by atoms with Gasteiger partial charge < -0.3 is 14.4 Å². The van der Waals surface area contributed by atoms with E-state index < -0.39 is 18.1 Å². The molecule has 0 saturated carbocycles. The smallest absolute Gasteiger partial charge is 0.494 e. The topological polar surface area (TPSA) is 81.8 Å². The van der Waals surface area contributed by atoms with E-state index in [0.29, 0.717) is 23.4 Å². The first-order valence-electron chi connectivity index (χ1n) is 5.76. The molecular formula is C11H14BNO5. The predicted molar refractivity (Wildman–Crippen MR) is 65.6 cm³/mol. The van der Waals surface area contributed by atoms with Gasteiger partial charge in [-0.05, 0) is 31.0 Å². The van der Waals surface area contributed by atoms with Crippen molar-refractivity contribution in [3.8, 4) is 5.75 Å². The van der Waals surface area contributed by atoms with Gasteiger partial charge >= 0.3 is 7.12 Å². The highest BCUT2D eigenvalue weighted by Crippen LogP contribution is 2.30. The zero-order valence-electron chi connectivity index (χ0n) is 10.3. The van der Waals surface area contributed by atoms with Crippen LogP contribution in [0.3, 0.4) is 0 Å². The molecular weight excluding hydrogens is 237 g/mol. The maximum absolute atomic E-state index is 10.6. The normalized spacial score (nSPS) is 17.7. The summed E-state index contributed by atoms with van der Waals surface area (Å²) in [5.74, 6) is 0.524. The second-order valence-electron chi connectivity index (χ2n) is 4.13. The van der Waals surface area contributed by atoms with E-state index in [9.17, 15) is 15.1 Å². The maximum atomic E-state index is 10.6. The number of benzene rings is 1. The lowest BCUT2D eigenvalue weighted by molar-refractivity contribution is -0.490. The van der Waals surface area contributed by atoms with E-state index >= 15 is 0 Å². The van der Waals surface area contributed by atoms with Crippen molar-refractivity contribution in [1.29, 1.82) is 0 Å². The van der Waals surface area contributed by atoms with Crippen molar-refractivity contribution in [2.24, 2.45) is 0 Å². The predicted octanol–water partition coefficient (Wildman–Crippen LogP) is 0.429. The zero-order chi connectivity index (χ0) is 13.3. The molecule has 1 atom stereocenters. The molecule has 0 fully saturated rings. The van der Waals surface area contributed by atoms with Gasteiger partial charge in [-0.1, -0.05) is 6.07 Å². The second-order valence-corrected chi connectivity index (χ2v) is 4.13. The summed E-state index contributed by atoms with van der Waals surface area (Å²) in [6, 6.07) is 3.57. The lowest BCUT2D eigenvalue weighted by Crippen LogP contribution is -2.30. The van der Waals surface area contributed by atoms with E-state index in [1.165, 1.54) is 0 Å². The molecule has 18 heavy (non-hydrogen) atoms. The monoisotopic (exact) mass is 251 g/mol. The van der Waals surface area contributed by atoms with Crippen LogP contribution in [0.4, 0.5) is 0 Å². The highest BCUT2D eigenvalue weighted by Gasteiger charge is 2.41. The Balaban J connectivity index is 2.45. The summed E-state index contributed by atoms with van der Waals surface area (Å²) >= 11 is 0. The molecule has 1 N–H and O–H groups in total. The SMILES string of the molecule is CCOc1ccc(C)c2c1B(O)OC2C[N+](=O)[O-]. The Morgan fingerprint density at radius 2 is 2.33 bits per heavy atom. The lowest BCUT2D eigenvalue weighted by atomic mass is 9.77. The van der Waals surface area contributed by atoms with Crippen LogP contribution in [-0.4, -0.2) is 30.2 Å². The summed E-state index contributed by atoms with van der Waals surface area (Å²) in [4.78, 5) is 10.2. The van der Waals surface area contributed by atoms with Gasteiger partial charge in [0.2, 0.25) is 6.54 Å². The second kappa shape index (κ2) is 4.95.